The van der Waals surface area contributed by atoms with Crippen LogP contribution < -0.4 is 0 Å². The van der Waals surface area contributed by atoms with Gasteiger partial charge in [0.2, 0.25) is 0 Å². The molecule has 0 saturated heterocycles. The van der Waals surface area contributed by atoms with E-state index in [-0.39, 0.29) is 0 Å². The van der Waals surface area contributed by atoms with Gasteiger partial charge in [-0.2, -0.15) is 5.26 Å². The van der Waals surface area contributed by atoms with Crippen LogP contribution in [0.25, 0.3) is 28.2 Å². The van der Waals surface area contributed by atoms with Gasteiger partial charge in [0.1, 0.15) is 11.3 Å². The van der Waals surface area contributed by atoms with Crippen molar-refractivity contribution >= 4 is 17.0 Å². The molecular weight excluding hydrogens is 234 g/mol. The van der Waals surface area contributed by atoms with Crippen LogP contribution in [0, 0.1) is 11.3 Å². The smallest absolute Gasteiger partial charge is 0.134 e. The first kappa shape index (κ1) is 11.3. The summed E-state index contributed by atoms with van der Waals surface area (Å²) in [7, 11) is 0. The van der Waals surface area contributed by atoms with Crippen molar-refractivity contribution in [1.82, 2.24) is 0 Å². The van der Waals surface area contributed by atoms with Crippen molar-refractivity contribution in [1.29, 1.82) is 5.26 Å². The fourth-order valence-electron chi connectivity index (χ4n) is 2.08. The molecule has 90 valence electrons. The standard InChI is InChI=1S/C17H11NO/c1-2-16-10-15-9-14(7-8-17(15)19-16)13-5-3-12(11-18)4-6-13/h2-10H,1H2. The number of nitriles is 1. The predicted molar refractivity (Wildman–Crippen MR) is 76.5 cm³/mol. The molecular formula is C17H11NO. The van der Waals surface area contributed by atoms with Crippen molar-refractivity contribution in [3.63, 3.8) is 0 Å². The van der Waals surface area contributed by atoms with Crippen molar-refractivity contribution in [3.05, 3.63) is 66.4 Å². The molecule has 0 fully saturated rings. The third-order valence-corrected chi connectivity index (χ3v) is 3.08. The van der Waals surface area contributed by atoms with Gasteiger partial charge in [0.15, 0.2) is 0 Å². The maximum atomic E-state index is 8.80. The Labute approximate surface area is 111 Å². The van der Waals surface area contributed by atoms with E-state index >= 15 is 0 Å². The average Bonchev–Trinajstić information content (AvgIpc) is 2.89. The van der Waals surface area contributed by atoms with Gasteiger partial charge in [0.05, 0.1) is 11.6 Å². The van der Waals surface area contributed by atoms with Gasteiger partial charge in [-0.1, -0.05) is 24.8 Å². The number of nitrogens with zero attached hydrogens (tertiary/aromatic N) is 1. The Morgan fingerprint density at radius 2 is 1.74 bits per heavy atom. The summed E-state index contributed by atoms with van der Waals surface area (Å²) in [4.78, 5) is 0. The molecule has 2 heteroatoms. The first-order chi connectivity index (χ1) is 9.30. The highest BCUT2D eigenvalue weighted by Crippen LogP contribution is 2.27. The minimum Gasteiger partial charge on any atom is -0.457 e. The molecule has 0 radical (unpaired) electrons. The molecule has 0 aliphatic rings. The maximum Gasteiger partial charge on any atom is 0.134 e. The van der Waals surface area contributed by atoms with E-state index in [2.05, 4.69) is 18.7 Å². The van der Waals surface area contributed by atoms with E-state index in [0.717, 1.165) is 27.9 Å². The normalized spacial score (nSPS) is 10.3. The van der Waals surface area contributed by atoms with Gasteiger partial charge in [0, 0.05) is 5.39 Å². The molecule has 0 amide bonds. The average molecular weight is 245 g/mol. The van der Waals surface area contributed by atoms with E-state index in [0.29, 0.717) is 5.56 Å². The van der Waals surface area contributed by atoms with Crippen LogP contribution in [0.1, 0.15) is 11.3 Å². The lowest BCUT2D eigenvalue weighted by molar-refractivity contribution is 0.604. The molecule has 3 rings (SSSR count). The van der Waals surface area contributed by atoms with Gasteiger partial charge in [-0.25, -0.2) is 0 Å². The number of benzene rings is 2. The zero-order valence-corrected chi connectivity index (χ0v) is 10.3. The topological polar surface area (TPSA) is 36.9 Å². The summed E-state index contributed by atoms with van der Waals surface area (Å²) in [6, 6.07) is 17.7. The molecule has 19 heavy (non-hydrogen) atoms. The zero-order valence-electron chi connectivity index (χ0n) is 10.3. The molecule has 0 bridgehead atoms. The number of hydrogen-bond donors (Lipinski definition) is 0. The van der Waals surface area contributed by atoms with Gasteiger partial charge in [-0.3, -0.25) is 0 Å². The molecule has 0 aliphatic carbocycles. The largest absolute Gasteiger partial charge is 0.457 e. The number of fused-ring (bicyclic) bond motifs is 1. The van der Waals surface area contributed by atoms with Gasteiger partial charge < -0.3 is 4.42 Å². The summed E-state index contributed by atoms with van der Waals surface area (Å²) >= 11 is 0. The van der Waals surface area contributed by atoms with Gasteiger partial charge in [-0.05, 0) is 47.5 Å². The SMILES string of the molecule is C=Cc1cc2cc(-c3ccc(C#N)cc3)ccc2o1. The Morgan fingerprint density at radius 1 is 1.00 bits per heavy atom. The summed E-state index contributed by atoms with van der Waals surface area (Å²) in [5, 5.41) is 9.85. The summed E-state index contributed by atoms with van der Waals surface area (Å²) in [6.07, 6.45) is 1.70. The highest BCUT2D eigenvalue weighted by Gasteiger charge is 2.04. The van der Waals surface area contributed by atoms with Gasteiger partial charge in [0.25, 0.3) is 0 Å². The Balaban J connectivity index is 2.08. The molecule has 2 nitrogen and oxygen atoms in total. The van der Waals surface area contributed by atoms with E-state index in [4.69, 9.17) is 9.68 Å². The van der Waals surface area contributed by atoms with Crippen LogP contribution in [0.2, 0.25) is 0 Å². The molecule has 2 aromatic carbocycles. The lowest BCUT2D eigenvalue weighted by Crippen LogP contribution is -1.78. The van der Waals surface area contributed by atoms with Crippen LogP contribution in [-0.4, -0.2) is 0 Å². The molecule has 0 spiro atoms. The van der Waals surface area contributed by atoms with E-state index in [1.54, 1.807) is 6.08 Å². The van der Waals surface area contributed by atoms with Crippen LogP contribution in [0.4, 0.5) is 0 Å². The third kappa shape index (κ3) is 2.02. The maximum absolute atomic E-state index is 8.80. The second kappa shape index (κ2) is 4.47. The second-order valence-corrected chi connectivity index (χ2v) is 4.29. The highest BCUT2D eigenvalue weighted by molar-refractivity contribution is 5.85. The van der Waals surface area contributed by atoms with Crippen LogP contribution in [0.15, 0.2) is 59.5 Å². The first-order valence-electron chi connectivity index (χ1n) is 5.97. The van der Waals surface area contributed by atoms with Crippen molar-refractivity contribution < 1.29 is 4.42 Å². The van der Waals surface area contributed by atoms with Crippen molar-refractivity contribution in [2.75, 3.05) is 0 Å². The molecule has 1 heterocycles. The van der Waals surface area contributed by atoms with Gasteiger partial charge in [-0.15, -0.1) is 0 Å². The molecule has 0 N–H and O–H groups in total. The summed E-state index contributed by atoms with van der Waals surface area (Å²) in [5.74, 6) is 0.770. The molecule has 0 unspecified atom stereocenters. The van der Waals surface area contributed by atoms with Gasteiger partial charge >= 0.3 is 0 Å². The Kier molecular flexibility index (Phi) is 2.66. The van der Waals surface area contributed by atoms with Crippen molar-refractivity contribution in [3.8, 4) is 17.2 Å². The summed E-state index contributed by atoms with van der Waals surface area (Å²) in [5.41, 5.74) is 3.71. The molecule has 0 aliphatic heterocycles. The molecule has 0 atom stereocenters. The summed E-state index contributed by atoms with van der Waals surface area (Å²) in [6.45, 7) is 3.70. The van der Waals surface area contributed by atoms with E-state index in [1.807, 2.05) is 42.5 Å². The number of furan rings is 1. The minimum absolute atomic E-state index is 0.669. The molecule has 1 aromatic heterocycles. The third-order valence-electron chi connectivity index (χ3n) is 3.08. The lowest BCUT2D eigenvalue weighted by atomic mass is 10.0. The quantitative estimate of drug-likeness (QED) is 0.660. The van der Waals surface area contributed by atoms with E-state index in [9.17, 15) is 0 Å². The Hall–Kier alpha value is -2.79. The lowest BCUT2D eigenvalue weighted by Gasteiger charge is -2.01. The minimum atomic E-state index is 0.669. The molecule has 0 saturated carbocycles. The fourth-order valence-corrected chi connectivity index (χ4v) is 2.08. The van der Waals surface area contributed by atoms with Crippen LogP contribution >= 0.6 is 0 Å². The number of hydrogen-bond acceptors (Lipinski definition) is 2. The van der Waals surface area contributed by atoms with Crippen LogP contribution in [0.3, 0.4) is 0 Å². The predicted octanol–water partition coefficient (Wildman–Crippen LogP) is 4.61. The fraction of sp³-hybridized carbons (Fsp3) is 0. The molecule has 3 aromatic rings. The Morgan fingerprint density at radius 3 is 2.42 bits per heavy atom. The zero-order chi connectivity index (χ0) is 13.2. The van der Waals surface area contributed by atoms with Crippen molar-refractivity contribution in [2.24, 2.45) is 0 Å². The highest BCUT2D eigenvalue weighted by atomic mass is 16.3. The van der Waals surface area contributed by atoms with Crippen molar-refractivity contribution in [2.45, 2.75) is 0 Å². The monoisotopic (exact) mass is 245 g/mol. The van der Waals surface area contributed by atoms with Crippen LogP contribution in [-0.2, 0) is 0 Å². The number of rotatable bonds is 2. The van der Waals surface area contributed by atoms with E-state index < -0.39 is 0 Å². The van der Waals surface area contributed by atoms with E-state index in [1.165, 1.54) is 0 Å². The Bertz CT molecular complexity index is 788. The first-order valence-corrected chi connectivity index (χ1v) is 5.97. The second-order valence-electron chi connectivity index (χ2n) is 4.29. The van der Waals surface area contributed by atoms with Crippen LogP contribution in [0.5, 0.6) is 0 Å². The summed E-state index contributed by atoms with van der Waals surface area (Å²) < 4.78 is 5.58.